The number of aliphatic hydroxyl groups is 1. The highest BCUT2D eigenvalue weighted by Crippen LogP contribution is 2.26. The van der Waals surface area contributed by atoms with E-state index in [0.717, 1.165) is 51.5 Å². The van der Waals surface area contributed by atoms with E-state index in [0.29, 0.717) is 6.04 Å². The van der Waals surface area contributed by atoms with E-state index in [-0.39, 0.29) is 11.9 Å². The van der Waals surface area contributed by atoms with E-state index in [4.69, 9.17) is 5.11 Å². The molecule has 108 valence electrons. The van der Waals surface area contributed by atoms with Gasteiger partial charge in [-0.2, -0.15) is 0 Å². The minimum atomic E-state index is -2.88. The van der Waals surface area contributed by atoms with Gasteiger partial charge in [0.1, 0.15) is 9.84 Å². The van der Waals surface area contributed by atoms with Gasteiger partial charge in [-0.25, -0.2) is 8.42 Å². The van der Waals surface area contributed by atoms with Crippen molar-refractivity contribution in [2.24, 2.45) is 0 Å². The zero-order valence-electron chi connectivity index (χ0n) is 11.6. The lowest BCUT2D eigenvalue weighted by Crippen LogP contribution is -2.40. The Morgan fingerprint density at radius 3 is 2.56 bits per heavy atom. The second-order valence-corrected chi connectivity index (χ2v) is 7.86. The molecule has 1 N–H and O–H groups in total. The summed E-state index contributed by atoms with van der Waals surface area (Å²) < 4.78 is 23.2. The Hall–Kier alpha value is -0.130. The Morgan fingerprint density at radius 2 is 1.94 bits per heavy atom. The Bertz CT molecular complexity index is 329. The van der Waals surface area contributed by atoms with Crippen molar-refractivity contribution in [3.05, 3.63) is 0 Å². The molecule has 0 aromatic rings. The molecule has 0 aromatic heterocycles. The maximum absolute atomic E-state index is 11.6. The normalized spacial score (nSPS) is 25.6. The fourth-order valence-corrected chi connectivity index (χ4v) is 3.91. The summed E-state index contributed by atoms with van der Waals surface area (Å²) in [7, 11) is -0.790. The number of aliphatic hydroxyl groups excluding tert-OH is 1. The van der Waals surface area contributed by atoms with E-state index in [2.05, 4.69) is 11.9 Å². The van der Waals surface area contributed by atoms with Crippen LogP contribution in [0.5, 0.6) is 0 Å². The second-order valence-electron chi connectivity index (χ2n) is 5.54. The predicted octanol–water partition coefficient (Wildman–Crippen LogP) is 1.44. The molecule has 0 amide bonds. The lowest BCUT2D eigenvalue weighted by Gasteiger charge is -2.34. The monoisotopic (exact) mass is 277 g/mol. The first kappa shape index (κ1) is 15.9. The number of hydrogen-bond donors (Lipinski definition) is 1. The van der Waals surface area contributed by atoms with Crippen LogP contribution in [0.1, 0.15) is 44.9 Å². The molecule has 1 rings (SSSR count). The van der Waals surface area contributed by atoms with Gasteiger partial charge in [0.2, 0.25) is 0 Å². The highest BCUT2D eigenvalue weighted by Gasteiger charge is 2.30. The van der Waals surface area contributed by atoms with Gasteiger partial charge in [-0.1, -0.05) is 6.42 Å². The van der Waals surface area contributed by atoms with E-state index < -0.39 is 9.84 Å². The molecular weight excluding hydrogens is 250 g/mol. The summed E-state index contributed by atoms with van der Waals surface area (Å²) in [6, 6.07) is 0.410. The smallest absolute Gasteiger partial charge is 0.150 e. The molecule has 0 radical (unpaired) electrons. The van der Waals surface area contributed by atoms with E-state index in [9.17, 15) is 8.42 Å². The molecule has 0 bridgehead atoms. The molecule has 0 saturated heterocycles. The standard InChI is InChI=1S/C13H27NO3S/c1-14(9-4-3-5-10-15)12-7-6-8-13(11-12)18(2,16)17/h12-13,15H,3-11H2,1-2H3. The molecule has 2 atom stereocenters. The van der Waals surface area contributed by atoms with Crippen LogP contribution in [-0.4, -0.2) is 56.2 Å². The minimum Gasteiger partial charge on any atom is -0.396 e. The highest BCUT2D eigenvalue weighted by atomic mass is 32.2. The van der Waals surface area contributed by atoms with Crippen molar-refractivity contribution in [1.29, 1.82) is 0 Å². The van der Waals surface area contributed by atoms with Crippen LogP contribution < -0.4 is 0 Å². The first-order valence-corrected chi connectivity index (χ1v) is 8.90. The molecule has 5 heteroatoms. The molecule has 1 aliphatic carbocycles. The van der Waals surface area contributed by atoms with Crippen molar-refractivity contribution < 1.29 is 13.5 Å². The van der Waals surface area contributed by atoms with Crippen molar-refractivity contribution in [2.75, 3.05) is 26.5 Å². The molecule has 1 saturated carbocycles. The summed E-state index contributed by atoms with van der Waals surface area (Å²) >= 11 is 0. The third-order valence-electron chi connectivity index (χ3n) is 4.00. The van der Waals surface area contributed by atoms with Crippen molar-refractivity contribution in [1.82, 2.24) is 4.90 Å². The topological polar surface area (TPSA) is 57.6 Å². The first-order chi connectivity index (χ1) is 8.45. The molecule has 1 fully saturated rings. The largest absolute Gasteiger partial charge is 0.396 e. The summed E-state index contributed by atoms with van der Waals surface area (Å²) in [4.78, 5) is 2.30. The summed E-state index contributed by atoms with van der Waals surface area (Å²) in [5, 5.41) is 8.58. The Labute approximate surface area is 111 Å². The number of rotatable bonds is 7. The van der Waals surface area contributed by atoms with Crippen LogP contribution in [0, 0.1) is 0 Å². The molecular formula is C13H27NO3S. The van der Waals surface area contributed by atoms with Gasteiger partial charge in [0.25, 0.3) is 0 Å². The van der Waals surface area contributed by atoms with Crippen LogP contribution >= 0.6 is 0 Å². The molecule has 1 aliphatic rings. The zero-order chi connectivity index (χ0) is 13.6. The van der Waals surface area contributed by atoms with E-state index >= 15 is 0 Å². The van der Waals surface area contributed by atoms with Crippen LogP contribution in [0.15, 0.2) is 0 Å². The van der Waals surface area contributed by atoms with Crippen molar-refractivity contribution in [2.45, 2.75) is 56.2 Å². The van der Waals surface area contributed by atoms with Gasteiger partial charge < -0.3 is 10.0 Å². The molecule has 0 aliphatic heterocycles. The Morgan fingerprint density at radius 1 is 1.22 bits per heavy atom. The second kappa shape index (κ2) is 7.46. The van der Waals surface area contributed by atoms with Gasteiger partial charge >= 0.3 is 0 Å². The van der Waals surface area contributed by atoms with E-state index in [1.54, 1.807) is 0 Å². The maximum Gasteiger partial charge on any atom is 0.150 e. The lowest BCUT2D eigenvalue weighted by molar-refractivity contribution is 0.187. The highest BCUT2D eigenvalue weighted by molar-refractivity contribution is 7.91. The van der Waals surface area contributed by atoms with Crippen molar-refractivity contribution >= 4 is 9.84 Å². The molecule has 4 nitrogen and oxygen atoms in total. The fourth-order valence-electron chi connectivity index (χ4n) is 2.74. The summed E-state index contributed by atoms with van der Waals surface area (Å²) in [6.07, 6.45) is 8.10. The Balaban J connectivity index is 2.36. The Kier molecular flexibility index (Phi) is 6.60. The van der Waals surface area contributed by atoms with Gasteiger partial charge in [-0.3, -0.25) is 0 Å². The quantitative estimate of drug-likeness (QED) is 0.715. The predicted molar refractivity (Wildman–Crippen MR) is 74.5 cm³/mol. The van der Waals surface area contributed by atoms with Crippen LogP contribution in [0.25, 0.3) is 0 Å². The van der Waals surface area contributed by atoms with Crippen LogP contribution in [0.3, 0.4) is 0 Å². The number of sulfone groups is 1. The van der Waals surface area contributed by atoms with Gasteiger partial charge in [0, 0.05) is 18.9 Å². The summed E-state index contributed by atoms with van der Waals surface area (Å²) in [6.45, 7) is 1.27. The summed E-state index contributed by atoms with van der Waals surface area (Å²) in [5.41, 5.74) is 0. The SMILES string of the molecule is CN(CCCCCO)C1CCCC(S(C)(=O)=O)C1. The minimum absolute atomic E-state index is 0.142. The molecule has 2 unspecified atom stereocenters. The number of nitrogens with zero attached hydrogens (tertiary/aromatic N) is 1. The molecule has 18 heavy (non-hydrogen) atoms. The average molecular weight is 277 g/mol. The van der Waals surface area contributed by atoms with Gasteiger partial charge in [0.05, 0.1) is 5.25 Å². The van der Waals surface area contributed by atoms with Crippen LogP contribution in [-0.2, 0) is 9.84 Å². The van der Waals surface area contributed by atoms with Gasteiger partial charge in [0.15, 0.2) is 0 Å². The molecule has 0 spiro atoms. The van der Waals surface area contributed by atoms with Crippen molar-refractivity contribution in [3.63, 3.8) is 0 Å². The molecule has 0 heterocycles. The zero-order valence-corrected chi connectivity index (χ0v) is 12.5. The fraction of sp³-hybridized carbons (Fsp3) is 1.00. The van der Waals surface area contributed by atoms with Gasteiger partial charge in [-0.05, 0) is 52.1 Å². The van der Waals surface area contributed by atoms with Gasteiger partial charge in [-0.15, -0.1) is 0 Å². The van der Waals surface area contributed by atoms with E-state index in [1.807, 2.05) is 0 Å². The van der Waals surface area contributed by atoms with Crippen LogP contribution in [0.4, 0.5) is 0 Å². The average Bonchev–Trinajstić information content (AvgIpc) is 2.33. The van der Waals surface area contributed by atoms with Crippen LogP contribution in [0.2, 0.25) is 0 Å². The van der Waals surface area contributed by atoms with E-state index in [1.165, 1.54) is 6.26 Å². The maximum atomic E-state index is 11.6. The number of unbranched alkanes of at least 4 members (excludes halogenated alkanes) is 2. The molecule has 0 aromatic carbocycles. The third kappa shape index (κ3) is 5.24. The number of hydrogen-bond acceptors (Lipinski definition) is 4. The summed E-state index contributed by atoms with van der Waals surface area (Å²) in [5.74, 6) is 0. The lowest BCUT2D eigenvalue weighted by atomic mass is 9.94. The first-order valence-electron chi connectivity index (χ1n) is 6.95. The van der Waals surface area contributed by atoms with Crippen molar-refractivity contribution in [3.8, 4) is 0 Å². The third-order valence-corrected chi connectivity index (χ3v) is 5.64.